The van der Waals surface area contributed by atoms with Crippen molar-refractivity contribution in [3.8, 4) is 0 Å². The summed E-state index contributed by atoms with van der Waals surface area (Å²) in [6.45, 7) is 4.81. The number of carbonyl (C=O) groups excluding carboxylic acids is 1. The fourth-order valence-corrected chi connectivity index (χ4v) is 6.93. The molecule has 0 radical (unpaired) electrons. The van der Waals surface area contributed by atoms with Gasteiger partial charge < -0.3 is 10.2 Å². The molecule has 2 heterocycles. The zero-order chi connectivity index (χ0) is 25.8. The lowest BCUT2D eigenvalue weighted by Gasteiger charge is -2.26. The highest BCUT2D eigenvalue weighted by molar-refractivity contribution is 7.91. The topological polar surface area (TPSA) is 92.3 Å². The Morgan fingerprint density at radius 3 is 2.43 bits per heavy atom. The molecule has 2 aromatic heterocycles. The van der Waals surface area contributed by atoms with Gasteiger partial charge in [0.1, 0.15) is 16.5 Å². The predicted octanol–water partition coefficient (Wildman–Crippen LogP) is 5.37. The summed E-state index contributed by atoms with van der Waals surface area (Å²) in [5.41, 5.74) is 1.00. The van der Waals surface area contributed by atoms with Crippen LogP contribution in [0.3, 0.4) is 0 Å². The monoisotopic (exact) mass is 536 g/mol. The van der Waals surface area contributed by atoms with Crippen LogP contribution in [0.25, 0.3) is 10.9 Å². The molecule has 4 rings (SSSR count). The Balaban J connectivity index is 0.000000211. The van der Waals surface area contributed by atoms with Crippen LogP contribution >= 0.6 is 22.9 Å². The summed E-state index contributed by atoms with van der Waals surface area (Å²) < 4.78 is 23.0. The smallest absolute Gasteiger partial charge is 0.262 e. The minimum absolute atomic E-state index is 0.0332. The highest BCUT2D eigenvalue weighted by atomic mass is 35.5. The van der Waals surface area contributed by atoms with Gasteiger partial charge in [0.05, 0.1) is 15.4 Å². The first-order valence-corrected chi connectivity index (χ1v) is 14.8. The SMILES string of the molecule is CC1CCC(CNC(=O)c2scc(S(C)(=O)=O)c2Cl)CC1.Cc1nc(N(C)C)c2ccccc2n1. The molecule has 10 heteroatoms. The standard InChI is InChI=1S/C14H20ClNO3S2.C11H13N3/c1-9-3-5-10(6-4-9)7-16-14(17)13-12(15)11(8-20-13)21(2,18)19;1-8-12-10-7-5-4-6-9(10)11(13-8)14(2)3/h8-10H,3-7H2,1-2H3,(H,16,17);4-7H,1-3H3. The van der Waals surface area contributed by atoms with E-state index in [0.717, 1.165) is 58.9 Å². The van der Waals surface area contributed by atoms with Crippen LogP contribution in [0.1, 0.15) is 48.1 Å². The third-order valence-electron chi connectivity index (χ3n) is 6.11. The van der Waals surface area contributed by atoms with Crippen LogP contribution < -0.4 is 10.2 Å². The lowest BCUT2D eigenvalue weighted by Crippen LogP contribution is -2.30. The molecular formula is C25H33ClN4O3S2. The van der Waals surface area contributed by atoms with Gasteiger partial charge in [-0.2, -0.15) is 0 Å². The molecule has 0 unspecified atom stereocenters. The number of anilines is 1. The molecule has 3 aromatic rings. The van der Waals surface area contributed by atoms with E-state index in [1.807, 2.05) is 50.2 Å². The number of fused-ring (bicyclic) bond motifs is 1. The van der Waals surface area contributed by atoms with E-state index in [9.17, 15) is 13.2 Å². The van der Waals surface area contributed by atoms with Gasteiger partial charge in [0.15, 0.2) is 9.84 Å². The summed E-state index contributed by atoms with van der Waals surface area (Å²) in [5.74, 6) is 2.80. The molecule has 1 aromatic carbocycles. The Morgan fingerprint density at radius 2 is 1.83 bits per heavy atom. The van der Waals surface area contributed by atoms with E-state index < -0.39 is 9.84 Å². The summed E-state index contributed by atoms with van der Waals surface area (Å²) in [5, 5.41) is 5.45. The molecule has 190 valence electrons. The predicted molar refractivity (Wildman–Crippen MR) is 144 cm³/mol. The minimum Gasteiger partial charge on any atom is -0.362 e. The van der Waals surface area contributed by atoms with Crippen molar-refractivity contribution < 1.29 is 13.2 Å². The number of hydrogen-bond donors (Lipinski definition) is 1. The third-order valence-corrected chi connectivity index (χ3v) is 8.98. The minimum atomic E-state index is -3.39. The highest BCUT2D eigenvalue weighted by Crippen LogP contribution is 2.32. The van der Waals surface area contributed by atoms with Gasteiger partial charge in [0.25, 0.3) is 5.91 Å². The third kappa shape index (κ3) is 7.15. The fraction of sp³-hybridized carbons (Fsp3) is 0.480. The molecule has 0 atom stereocenters. The zero-order valence-corrected chi connectivity index (χ0v) is 23.2. The molecule has 1 fully saturated rings. The first-order chi connectivity index (χ1) is 16.5. The van der Waals surface area contributed by atoms with E-state index in [2.05, 4.69) is 22.2 Å². The molecule has 1 N–H and O–H groups in total. The van der Waals surface area contributed by atoms with Crippen LogP contribution in [-0.2, 0) is 9.84 Å². The summed E-state index contributed by atoms with van der Waals surface area (Å²) in [4.78, 5) is 23.3. The fourth-order valence-electron chi connectivity index (χ4n) is 4.10. The number of rotatable bonds is 5. The molecule has 0 spiro atoms. The Bertz CT molecular complexity index is 1280. The first-order valence-electron chi connectivity index (χ1n) is 11.6. The van der Waals surface area contributed by atoms with Gasteiger partial charge in [0, 0.05) is 37.7 Å². The van der Waals surface area contributed by atoms with Crippen molar-refractivity contribution in [2.24, 2.45) is 11.8 Å². The van der Waals surface area contributed by atoms with Crippen molar-refractivity contribution >= 4 is 55.4 Å². The van der Waals surface area contributed by atoms with Crippen LogP contribution in [0.4, 0.5) is 5.82 Å². The second kappa shape index (κ2) is 11.7. The van der Waals surface area contributed by atoms with Gasteiger partial charge in [-0.25, -0.2) is 18.4 Å². The largest absolute Gasteiger partial charge is 0.362 e. The summed E-state index contributed by atoms with van der Waals surface area (Å²) in [6, 6.07) is 8.06. The molecule has 0 aliphatic heterocycles. The van der Waals surface area contributed by atoms with Crippen LogP contribution in [0, 0.1) is 18.8 Å². The van der Waals surface area contributed by atoms with Crippen LogP contribution in [0.2, 0.25) is 5.02 Å². The van der Waals surface area contributed by atoms with E-state index in [1.165, 1.54) is 18.2 Å². The van der Waals surface area contributed by atoms with Crippen molar-refractivity contribution in [3.63, 3.8) is 0 Å². The Morgan fingerprint density at radius 1 is 1.17 bits per heavy atom. The normalized spacial score (nSPS) is 18.0. The molecule has 7 nitrogen and oxygen atoms in total. The maximum absolute atomic E-state index is 12.1. The van der Waals surface area contributed by atoms with Crippen molar-refractivity contribution in [2.75, 3.05) is 31.8 Å². The Hall–Kier alpha value is -2.23. The van der Waals surface area contributed by atoms with Crippen LogP contribution in [0.15, 0.2) is 34.5 Å². The van der Waals surface area contributed by atoms with Gasteiger partial charge >= 0.3 is 0 Å². The van der Waals surface area contributed by atoms with Gasteiger partial charge in [-0.1, -0.05) is 43.5 Å². The van der Waals surface area contributed by atoms with Crippen LogP contribution in [-0.4, -0.2) is 51.2 Å². The second-order valence-corrected chi connectivity index (χ2v) is 12.6. The van der Waals surface area contributed by atoms with Gasteiger partial charge in [-0.05, 0) is 43.7 Å². The second-order valence-electron chi connectivity index (χ2n) is 9.36. The highest BCUT2D eigenvalue weighted by Gasteiger charge is 2.23. The number of para-hydroxylation sites is 1. The van der Waals surface area contributed by atoms with Crippen molar-refractivity contribution in [1.29, 1.82) is 0 Å². The number of aromatic nitrogens is 2. The molecule has 1 aliphatic carbocycles. The number of amides is 1. The number of aryl methyl sites for hydroxylation is 1. The van der Waals surface area contributed by atoms with E-state index in [4.69, 9.17) is 11.6 Å². The van der Waals surface area contributed by atoms with Gasteiger partial charge in [-0.15, -0.1) is 11.3 Å². The van der Waals surface area contributed by atoms with Gasteiger partial charge in [-0.3, -0.25) is 4.79 Å². The van der Waals surface area contributed by atoms with Crippen LogP contribution in [0.5, 0.6) is 0 Å². The molecule has 35 heavy (non-hydrogen) atoms. The lowest BCUT2D eigenvalue weighted by molar-refractivity contribution is 0.0946. The Kier molecular flexibility index (Phi) is 9.12. The molecule has 1 amide bonds. The van der Waals surface area contributed by atoms with Gasteiger partial charge in [0.2, 0.25) is 0 Å². The van der Waals surface area contributed by atoms with E-state index in [-0.39, 0.29) is 20.7 Å². The molecule has 0 saturated heterocycles. The van der Waals surface area contributed by atoms with E-state index in [0.29, 0.717) is 12.5 Å². The van der Waals surface area contributed by atoms with Crippen molar-refractivity contribution in [1.82, 2.24) is 15.3 Å². The number of thiophene rings is 1. The number of hydrogen-bond acceptors (Lipinski definition) is 7. The molecule has 0 bridgehead atoms. The Labute approximate surface area is 216 Å². The number of sulfone groups is 1. The number of carbonyl (C=O) groups is 1. The van der Waals surface area contributed by atoms with E-state index >= 15 is 0 Å². The van der Waals surface area contributed by atoms with Crippen molar-refractivity contribution in [3.05, 3.63) is 45.4 Å². The zero-order valence-electron chi connectivity index (χ0n) is 20.8. The number of nitrogens with zero attached hydrogens (tertiary/aromatic N) is 3. The van der Waals surface area contributed by atoms with E-state index in [1.54, 1.807) is 0 Å². The molecule has 1 saturated carbocycles. The van der Waals surface area contributed by atoms with Crippen molar-refractivity contribution in [2.45, 2.75) is 44.4 Å². The number of halogens is 1. The average Bonchev–Trinajstić information content (AvgIpc) is 3.20. The molecular weight excluding hydrogens is 504 g/mol. The summed E-state index contributed by atoms with van der Waals surface area (Å²) in [7, 11) is 0.599. The maximum atomic E-state index is 12.1. The number of nitrogens with one attached hydrogen (secondary N) is 1. The quantitative estimate of drug-likeness (QED) is 0.471. The number of benzene rings is 1. The summed E-state index contributed by atoms with van der Waals surface area (Å²) in [6.07, 6.45) is 5.77. The molecule has 1 aliphatic rings. The maximum Gasteiger partial charge on any atom is 0.262 e. The lowest BCUT2D eigenvalue weighted by atomic mass is 9.83. The average molecular weight is 537 g/mol. The first kappa shape index (κ1) is 27.4. The summed E-state index contributed by atoms with van der Waals surface area (Å²) >= 11 is 7.09.